The molecule has 0 aliphatic heterocycles. The Hall–Kier alpha value is -0.260. The summed E-state index contributed by atoms with van der Waals surface area (Å²) >= 11 is 0. The number of allylic oxidation sites excluding steroid dienone is 2. The zero-order valence-corrected chi connectivity index (χ0v) is 11.4. The summed E-state index contributed by atoms with van der Waals surface area (Å²) in [5, 5.41) is 0. The van der Waals surface area contributed by atoms with Crippen molar-refractivity contribution in [3.8, 4) is 0 Å². The van der Waals surface area contributed by atoms with Gasteiger partial charge in [-0.25, -0.2) is 0 Å². The molecule has 0 aromatic carbocycles. The summed E-state index contributed by atoms with van der Waals surface area (Å²) in [6.45, 7) is 4.59. The summed E-state index contributed by atoms with van der Waals surface area (Å²) in [5.41, 5.74) is 1.82. The summed E-state index contributed by atoms with van der Waals surface area (Å²) in [7, 11) is 0. The third-order valence-corrected chi connectivity index (χ3v) is 3.89. The predicted octanol–water partition coefficient (Wildman–Crippen LogP) is 5.87. The maximum absolute atomic E-state index is 2.57. The Morgan fingerprint density at radius 2 is 1.75 bits per heavy atom. The van der Waals surface area contributed by atoms with Crippen molar-refractivity contribution in [2.24, 2.45) is 5.92 Å². The van der Waals surface area contributed by atoms with E-state index in [9.17, 15) is 0 Å². The number of rotatable bonds is 8. The second kappa shape index (κ2) is 8.84. The molecule has 0 N–H and O–H groups in total. The molecule has 0 atom stereocenters. The number of hydrogen-bond acceptors (Lipinski definition) is 0. The molecule has 1 aliphatic rings. The Morgan fingerprint density at radius 3 is 2.38 bits per heavy atom. The molecule has 0 heterocycles. The first-order valence-electron chi connectivity index (χ1n) is 7.57. The van der Waals surface area contributed by atoms with Crippen molar-refractivity contribution in [3.63, 3.8) is 0 Å². The number of unbranched alkanes of at least 4 members (excludes halogenated alkanes) is 4. The Balaban J connectivity index is 2.31. The summed E-state index contributed by atoms with van der Waals surface area (Å²) in [6, 6.07) is 0. The fourth-order valence-electron chi connectivity index (χ4n) is 2.86. The second-order valence-corrected chi connectivity index (χ2v) is 5.36. The Bertz CT molecular complexity index is 184. The van der Waals surface area contributed by atoms with Gasteiger partial charge in [0.05, 0.1) is 0 Å². The highest BCUT2D eigenvalue weighted by molar-refractivity contribution is 5.08. The third kappa shape index (κ3) is 5.18. The van der Waals surface area contributed by atoms with Gasteiger partial charge in [0.2, 0.25) is 0 Å². The molecule has 0 amide bonds. The van der Waals surface area contributed by atoms with Crippen LogP contribution in [0.2, 0.25) is 0 Å². The van der Waals surface area contributed by atoms with Crippen LogP contribution in [0.4, 0.5) is 0 Å². The first kappa shape index (κ1) is 13.8. The zero-order valence-electron chi connectivity index (χ0n) is 11.4. The van der Waals surface area contributed by atoms with Crippen molar-refractivity contribution in [2.75, 3.05) is 0 Å². The van der Waals surface area contributed by atoms with E-state index in [2.05, 4.69) is 19.9 Å². The molecule has 0 bridgehead atoms. The first-order valence-corrected chi connectivity index (χ1v) is 7.57. The van der Waals surface area contributed by atoms with Crippen LogP contribution < -0.4 is 0 Å². The Morgan fingerprint density at radius 1 is 1.00 bits per heavy atom. The van der Waals surface area contributed by atoms with Gasteiger partial charge in [-0.05, 0) is 38.0 Å². The van der Waals surface area contributed by atoms with Crippen LogP contribution in [0.1, 0.15) is 84.5 Å². The minimum atomic E-state index is 0.966. The standard InChI is InChI=1S/C16H30/c1-3-5-7-8-12-15(11-6-4-2)16-13-9-10-14-16/h11,16H,3-10,12-14H2,1-2H3. The highest BCUT2D eigenvalue weighted by Gasteiger charge is 2.18. The fraction of sp³-hybridized carbons (Fsp3) is 0.875. The van der Waals surface area contributed by atoms with E-state index >= 15 is 0 Å². The van der Waals surface area contributed by atoms with Crippen LogP contribution in [-0.2, 0) is 0 Å². The van der Waals surface area contributed by atoms with Crippen molar-refractivity contribution in [2.45, 2.75) is 84.5 Å². The van der Waals surface area contributed by atoms with E-state index in [1.54, 1.807) is 0 Å². The third-order valence-electron chi connectivity index (χ3n) is 3.89. The first-order chi connectivity index (χ1) is 7.88. The van der Waals surface area contributed by atoms with Crippen molar-refractivity contribution < 1.29 is 0 Å². The van der Waals surface area contributed by atoms with Gasteiger partial charge in [-0.1, -0.05) is 64.0 Å². The quantitative estimate of drug-likeness (QED) is 0.356. The molecule has 0 aromatic rings. The molecular weight excluding hydrogens is 192 g/mol. The largest absolute Gasteiger partial charge is 0.0851 e. The normalized spacial score (nSPS) is 18.2. The van der Waals surface area contributed by atoms with Gasteiger partial charge in [0.1, 0.15) is 0 Å². The minimum absolute atomic E-state index is 0.966. The van der Waals surface area contributed by atoms with E-state index in [0.717, 1.165) is 5.92 Å². The van der Waals surface area contributed by atoms with Crippen LogP contribution in [0.3, 0.4) is 0 Å². The topological polar surface area (TPSA) is 0 Å². The van der Waals surface area contributed by atoms with Crippen LogP contribution in [0, 0.1) is 5.92 Å². The molecule has 1 fully saturated rings. The van der Waals surface area contributed by atoms with Gasteiger partial charge in [0, 0.05) is 0 Å². The molecule has 16 heavy (non-hydrogen) atoms. The lowest BCUT2D eigenvalue weighted by Crippen LogP contribution is -1.99. The van der Waals surface area contributed by atoms with Crippen LogP contribution in [0.5, 0.6) is 0 Å². The van der Waals surface area contributed by atoms with E-state index in [1.165, 1.54) is 70.6 Å². The molecule has 1 aliphatic carbocycles. The van der Waals surface area contributed by atoms with Crippen molar-refractivity contribution in [1.29, 1.82) is 0 Å². The van der Waals surface area contributed by atoms with E-state index in [4.69, 9.17) is 0 Å². The lowest BCUT2D eigenvalue weighted by molar-refractivity contribution is 0.574. The van der Waals surface area contributed by atoms with Gasteiger partial charge < -0.3 is 0 Å². The van der Waals surface area contributed by atoms with Crippen LogP contribution in [-0.4, -0.2) is 0 Å². The lowest BCUT2D eigenvalue weighted by atomic mass is 9.91. The smallest absolute Gasteiger partial charge is 0.0203 e. The molecule has 1 saturated carbocycles. The molecule has 0 unspecified atom stereocenters. The summed E-state index contributed by atoms with van der Waals surface area (Å²) in [4.78, 5) is 0. The minimum Gasteiger partial charge on any atom is -0.0851 e. The van der Waals surface area contributed by atoms with Crippen molar-refractivity contribution >= 4 is 0 Å². The molecule has 0 nitrogen and oxygen atoms in total. The van der Waals surface area contributed by atoms with E-state index < -0.39 is 0 Å². The average Bonchev–Trinajstić information content (AvgIpc) is 2.82. The SMILES string of the molecule is CCCC=C(CCCCCC)C1CCCC1. The Kier molecular flexibility index (Phi) is 7.63. The van der Waals surface area contributed by atoms with Crippen LogP contribution >= 0.6 is 0 Å². The van der Waals surface area contributed by atoms with Gasteiger partial charge in [0.15, 0.2) is 0 Å². The van der Waals surface area contributed by atoms with E-state index in [-0.39, 0.29) is 0 Å². The van der Waals surface area contributed by atoms with Crippen molar-refractivity contribution in [1.82, 2.24) is 0 Å². The van der Waals surface area contributed by atoms with Gasteiger partial charge in [-0.15, -0.1) is 0 Å². The summed E-state index contributed by atoms with van der Waals surface area (Å²) in [6.07, 6.45) is 18.1. The molecule has 0 spiro atoms. The molecule has 94 valence electrons. The monoisotopic (exact) mass is 222 g/mol. The second-order valence-electron chi connectivity index (χ2n) is 5.36. The molecule has 0 saturated heterocycles. The predicted molar refractivity (Wildman–Crippen MR) is 73.7 cm³/mol. The maximum Gasteiger partial charge on any atom is -0.0203 e. The van der Waals surface area contributed by atoms with Crippen LogP contribution in [0.15, 0.2) is 11.6 Å². The molecule has 1 rings (SSSR count). The van der Waals surface area contributed by atoms with Gasteiger partial charge in [-0.3, -0.25) is 0 Å². The van der Waals surface area contributed by atoms with Gasteiger partial charge in [0.25, 0.3) is 0 Å². The average molecular weight is 222 g/mol. The molecule has 0 heteroatoms. The van der Waals surface area contributed by atoms with Gasteiger partial charge in [-0.2, -0.15) is 0 Å². The van der Waals surface area contributed by atoms with Crippen molar-refractivity contribution in [3.05, 3.63) is 11.6 Å². The summed E-state index contributed by atoms with van der Waals surface area (Å²) < 4.78 is 0. The number of hydrogen-bond donors (Lipinski definition) is 0. The molecule has 0 aromatic heterocycles. The Labute approximate surface area is 103 Å². The molecule has 0 radical (unpaired) electrons. The van der Waals surface area contributed by atoms with E-state index in [0.29, 0.717) is 0 Å². The summed E-state index contributed by atoms with van der Waals surface area (Å²) in [5.74, 6) is 0.966. The zero-order chi connectivity index (χ0) is 11.6. The van der Waals surface area contributed by atoms with Crippen LogP contribution in [0.25, 0.3) is 0 Å². The van der Waals surface area contributed by atoms with Gasteiger partial charge >= 0.3 is 0 Å². The fourth-order valence-corrected chi connectivity index (χ4v) is 2.86. The maximum atomic E-state index is 2.57. The highest BCUT2D eigenvalue weighted by atomic mass is 14.2. The molecular formula is C16H30. The highest BCUT2D eigenvalue weighted by Crippen LogP contribution is 2.34. The van der Waals surface area contributed by atoms with E-state index in [1.807, 2.05) is 5.57 Å². The lowest BCUT2D eigenvalue weighted by Gasteiger charge is -2.15.